The van der Waals surface area contributed by atoms with Crippen LogP contribution in [-0.2, 0) is 30.7 Å². The number of hydrogen-bond acceptors (Lipinski definition) is 1. The predicted molar refractivity (Wildman–Crippen MR) is 265 cm³/mol. The van der Waals surface area contributed by atoms with Crippen molar-refractivity contribution in [2.45, 2.75) is 195 Å². The molecule has 0 saturated carbocycles. The lowest BCUT2D eigenvalue weighted by Crippen LogP contribution is -2.52. The molecule has 6 nitrogen and oxygen atoms in total. The number of hydrogen-bond donors (Lipinski definition) is 0. The Balaban J connectivity index is 0.000000142. The Bertz CT molecular complexity index is 2740. The van der Waals surface area contributed by atoms with Gasteiger partial charge in [-0.25, -0.2) is 23.2 Å². The fourth-order valence-electron chi connectivity index (χ4n) is 13.3. The van der Waals surface area contributed by atoms with Crippen LogP contribution in [0, 0.1) is 111 Å². The van der Waals surface area contributed by atoms with Gasteiger partial charge in [-0.15, -0.1) is 0 Å². The second-order valence-electron chi connectivity index (χ2n) is 22.0. The van der Waals surface area contributed by atoms with Crippen LogP contribution in [0.25, 0.3) is 22.6 Å². The maximum Gasteiger partial charge on any atom is 0.290 e. The lowest BCUT2D eigenvalue weighted by atomic mass is 9.82. The minimum Gasteiger partial charge on any atom is -0.257 e. The fourth-order valence-corrected chi connectivity index (χ4v) is 13.3. The topological polar surface area (TPSA) is 23.9 Å². The summed E-state index contributed by atoms with van der Waals surface area (Å²) in [5.74, 6) is 4.14. The van der Waals surface area contributed by atoms with Crippen LogP contribution in [-0.4, -0.2) is 43.6 Å². The molecule has 4 aliphatic heterocycles. The third kappa shape index (κ3) is 5.76. The van der Waals surface area contributed by atoms with Crippen LogP contribution in [0.5, 0.6) is 0 Å². The summed E-state index contributed by atoms with van der Waals surface area (Å²) in [6.07, 6.45) is 0. The smallest absolute Gasteiger partial charge is 0.257 e. The molecule has 0 N–H and O–H groups in total. The maximum atomic E-state index is 2.65. The van der Waals surface area contributed by atoms with Gasteiger partial charge in [-0.1, -0.05) is 0 Å². The van der Waals surface area contributed by atoms with E-state index in [1.54, 1.807) is 5.56 Å². The van der Waals surface area contributed by atoms with Crippen LogP contribution in [0.4, 0.5) is 0 Å². The van der Waals surface area contributed by atoms with Crippen molar-refractivity contribution in [2.24, 2.45) is 14.1 Å². The summed E-state index contributed by atoms with van der Waals surface area (Å²) < 4.78 is 12.2. The van der Waals surface area contributed by atoms with Crippen LogP contribution in [0.15, 0.2) is 0 Å². The molecule has 0 radical (unpaired) electrons. The molecule has 0 spiro atoms. The molecule has 0 fully saturated rings. The highest BCUT2D eigenvalue weighted by Crippen LogP contribution is 2.50. The van der Waals surface area contributed by atoms with Gasteiger partial charge in [0.15, 0.2) is 5.69 Å². The van der Waals surface area contributed by atoms with E-state index in [1.165, 1.54) is 135 Å². The van der Waals surface area contributed by atoms with Crippen LogP contribution in [0.2, 0.25) is 0 Å². The van der Waals surface area contributed by atoms with Crippen molar-refractivity contribution in [1.82, 2.24) is 14.0 Å². The number of imidazole rings is 2. The van der Waals surface area contributed by atoms with Gasteiger partial charge < -0.3 is 0 Å². The quantitative estimate of drug-likeness (QED) is 0.142. The van der Waals surface area contributed by atoms with E-state index in [-0.39, 0.29) is 16.6 Å². The second kappa shape index (κ2) is 14.5. The Labute approximate surface area is 382 Å². The average Bonchev–Trinajstić information content (AvgIpc) is 3.93. The van der Waals surface area contributed by atoms with Crippen LogP contribution in [0.3, 0.4) is 0 Å². The van der Waals surface area contributed by atoms with Gasteiger partial charge in [0.25, 0.3) is 17.5 Å². The average molecular weight is 852 g/mol. The first-order chi connectivity index (χ1) is 28.9. The number of nitrogens with zero attached hydrogens (tertiary/aromatic N) is 6. The van der Waals surface area contributed by atoms with Crippen molar-refractivity contribution in [2.75, 3.05) is 7.05 Å². The molecule has 0 saturated heterocycles. The largest absolute Gasteiger partial charge is 0.290 e. The lowest BCUT2D eigenvalue weighted by Gasteiger charge is -2.31. The zero-order valence-corrected chi connectivity index (χ0v) is 44.8. The summed E-state index contributed by atoms with van der Waals surface area (Å²) in [7, 11) is 6.63. The molecule has 63 heavy (non-hydrogen) atoms. The molecule has 3 aromatic carbocycles. The normalized spacial score (nSPS) is 19.0. The third-order valence-corrected chi connectivity index (χ3v) is 18.4. The number of fused-ring (bicyclic) bond motifs is 9. The Hall–Kier alpha value is -4.45. The molecular weight excluding hydrogens is 769 g/mol. The summed E-state index contributed by atoms with van der Waals surface area (Å²) >= 11 is 0. The first-order valence-corrected chi connectivity index (χ1v) is 23.8. The maximum absolute atomic E-state index is 2.65. The van der Waals surface area contributed by atoms with Gasteiger partial charge in [-0.05, 0) is 205 Å². The first-order valence-electron chi connectivity index (χ1n) is 23.8. The minimum atomic E-state index is 0.0219. The highest BCUT2D eigenvalue weighted by molar-refractivity contribution is 6.04. The lowest BCUT2D eigenvalue weighted by molar-refractivity contribution is -0.737. The predicted octanol–water partition coefficient (Wildman–Crippen LogP) is 11.5. The van der Waals surface area contributed by atoms with E-state index in [2.05, 4.69) is 215 Å². The van der Waals surface area contributed by atoms with Crippen molar-refractivity contribution in [3.8, 4) is 22.6 Å². The molecule has 6 heteroatoms. The summed E-state index contributed by atoms with van der Waals surface area (Å²) in [6.45, 7) is 55.2. The monoisotopic (exact) mass is 852 g/mol. The van der Waals surface area contributed by atoms with Gasteiger partial charge in [0.1, 0.15) is 45.8 Å². The highest BCUT2D eigenvalue weighted by atomic mass is 15.4. The van der Waals surface area contributed by atoms with Crippen molar-refractivity contribution in [3.05, 3.63) is 112 Å². The molecule has 0 amide bonds. The Morgan fingerprint density at radius 2 is 0.889 bits per heavy atom. The van der Waals surface area contributed by atoms with Gasteiger partial charge in [-0.2, -0.15) is 0 Å². The van der Waals surface area contributed by atoms with Crippen molar-refractivity contribution in [1.29, 1.82) is 0 Å². The SMILES string of the molecule is Cc1c(C)c(C)c2c(c1C)-c1c(C)n(C)c(C)[n+]1C2(C)C.Cc1c(C)c(C)c2c(c1C)-c1n(c(C)c(C)[n+]1C)C2(C)C.Cc1c(C)c(C)c2c(c1C)C1=[N+](C)C(C)C(C)N1C2(C)C. The zero-order chi connectivity index (χ0) is 47.6. The molecule has 6 heterocycles. The van der Waals surface area contributed by atoms with E-state index >= 15 is 0 Å². The Morgan fingerprint density at radius 3 is 1.38 bits per heavy atom. The Kier molecular flexibility index (Phi) is 10.7. The van der Waals surface area contributed by atoms with Gasteiger partial charge >= 0.3 is 0 Å². The molecule has 4 aliphatic rings. The first kappa shape index (κ1) is 46.5. The summed E-state index contributed by atoms with van der Waals surface area (Å²) in [5, 5.41) is 0. The van der Waals surface area contributed by atoms with E-state index in [1.807, 2.05) is 0 Å². The molecule has 2 atom stereocenters. The minimum absolute atomic E-state index is 0.0219. The molecule has 338 valence electrons. The summed E-state index contributed by atoms with van der Waals surface area (Å²) in [5.41, 5.74) is 32.1. The van der Waals surface area contributed by atoms with Crippen LogP contribution >= 0.6 is 0 Å². The van der Waals surface area contributed by atoms with Gasteiger partial charge in [0.2, 0.25) is 0 Å². The van der Waals surface area contributed by atoms with E-state index in [0.717, 1.165) is 0 Å². The zero-order valence-electron chi connectivity index (χ0n) is 44.8. The molecule has 2 aromatic heterocycles. The van der Waals surface area contributed by atoms with Gasteiger partial charge in [0.05, 0.1) is 32.3 Å². The van der Waals surface area contributed by atoms with E-state index in [9.17, 15) is 0 Å². The van der Waals surface area contributed by atoms with E-state index in [0.29, 0.717) is 12.1 Å². The number of amidine groups is 1. The number of rotatable bonds is 0. The van der Waals surface area contributed by atoms with Crippen LogP contribution in [0.1, 0.15) is 167 Å². The van der Waals surface area contributed by atoms with Crippen molar-refractivity contribution >= 4 is 5.84 Å². The Morgan fingerprint density at radius 1 is 0.476 bits per heavy atom. The number of aromatic nitrogens is 4. The van der Waals surface area contributed by atoms with E-state index < -0.39 is 0 Å². The molecule has 2 unspecified atom stereocenters. The third-order valence-electron chi connectivity index (χ3n) is 18.4. The number of likely N-dealkylation sites (N-methyl/N-ethyl adjacent to an activating group) is 1. The van der Waals surface area contributed by atoms with Gasteiger partial charge in [-0.3, -0.25) is 4.58 Å². The molecule has 0 aliphatic carbocycles. The molecule has 0 bridgehead atoms. The molecular formula is C57H83N6+3. The fraction of sp³-hybridized carbons (Fsp3) is 0.561. The van der Waals surface area contributed by atoms with Crippen molar-refractivity contribution < 1.29 is 13.7 Å². The van der Waals surface area contributed by atoms with Gasteiger partial charge in [0, 0.05) is 49.9 Å². The van der Waals surface area contributed by atoms with E-state index in [4.69, 9.17) is 0 Å². The highest BCUT2D eigenvalue weighted by Gasteiger charge is 2.58. The summed E-state index contributed by atoms with van der Waals surface area (Å²) in [4.78, 5) is 2.65. The van der Waals surface area contributed by atoms with Crippen molar-refractivity contribution in [3.63, 3.8) is 0 Å². The summed E-state index contributed by atoms with van der Waals surface area (Å²) in [6, 6.07) is 1.11. The second-order valence-corrected chi connectivity index (χ2v) is 22.0. The van der Waals surface area contributed by atoms with Crippen LogP contribution < -0.4 is 9.13 Å². The molecule has 9 rings (SSSR count). The number of benzene rings is 3. The molecule has 5 aromatic rings. The standard InChI is InChI=1S/C19H27N2.C19H29N2.C19H27N2/c1-10-11(2)13(4)17-16(12(10)3)18-14(5)20(9)15(6)21(18)19(17,7)8;2*1-10-11(2)13(4)17-16(12(10)3)18-20(9)14(5)15(6)21(18)19(17,7)8/h1-9H3;14-15H,1-9H3;1-9H3/q3*+1.